The van der Waals surface area contributed by atoms with Crippen LogP contribution in [-0.2, 0) is 6.54 Å². The Balaban J connectivity index is 1.37. The van der Waals surface area contributed by atoms with E-state index in [-0.39, 0.29) is 6.04 Å². The fourth-order valence-electron chi connectivity index (χ4n) is 5.40. The maximum atomic E-state index is 4.60. The monoisotopic (exact) mass is 418 g/mol. The Labute approximate surface area is 184 Å². The average molecular weight is 419 g/mol. The lowest BCUT2D eigenvalue weighted by molar-refractivity contribution is -1.03. The molecule has 1 aliphatic carbocycles. The van der Waals surface area contributed by atoms with Crippen molar-refractivity contribution in [2.24, 2.45) is 0 Å². The van der Waals surface area contributed by atoms with E-state index in [1.54, 1.807) is 9.80 Å². The van der Waals surface area contributed by atoms with Crippen molar-refractivity contribution in [3.63, 3.8) is 0 Å². The second-order valence-electron chi connectivity index (χ2n) is 9.33. The van der Waals surface area contributed by atoms with Crippen molar-refractivity contribution in [1.29, 1.82) is 0 Å². The van der Waals surface area contributed by atoms with Crippen molar-refractivity contribution in [1.82, 2.24) is 20.2 Å². The zero-order valence-electron chi connectivity index (χ0n) is 18.5. The molecule has 0 bridgehead atoms. The summed E-state index contributed by atoms with van der Waals surface area (Å²) in [6, 6.07) is 20.6. The summed E-state index contributed by atoms with van der Waals surface area (Å²) in [6.45, 7) is 7.90. The molecule has 1 atom stereocenters. The van der Waals surface area contributed by atoms with E-state index in [2.05, 4.69) is 81.7 Å². The zero-order chi connectivity index (χ0) is 21.0. The van der Waals surface area contributed by atoms with Crippen molar-refractivity contribution >= 4 is 0 Å². The first-order valence-electron chi connectivity index (χ1n) is 11.8. The fourth-order valence-corrected chi connectivity index (χ4v) is 5.40. The molecule has 0 amide bonds. The third kappa shape index (κ3) is 4.55. The molecular weight excluding hydrogens is 384 g/mol. The van der Waals surface area contributed by atoms with Crippen LogP contribution in [0.15, 0.2) is 54.6 Å². The van der Waals surface area contributed by atoms with Crippen LogP contribution in [0.3, 0.4) is 0 Å². The number of rotatable bonds is 6. The Morgan fingerprint density at radius 2 is 1.65 bits per heavy atom. The SMILES string of the molecule is Cc1ccc([C@H](c2nnnn2C2CCCC2)[NH+]2CC[NH+](Cc3ccccc3)CC2)cc1. The first-order valence-corrected chi connectivity index (χ1v) is 11.8. The lowest BCUT2D eigenvalue weighted by atomic mass is 10.0. The highest BCUT2D eigenvalue weighted by atomic mass is 15.6. The minimum atomic E-state index is 0.203. The summed E-state index contributed by atoms with van der Waals surface area (Å²) in [6.07, 6.45) is 4.97. The molecule has 0 spiro atoms. The highest BCUT2D eigenvalue weighted by molar-refractivity contribution is 5.26. The van der Waals surface area contributed by atoms with E-state index in [4.69, 9.17) is 0 Å². The van der Waals surface area contributed by atoms with Crippen LogP contribution in [0.25, 0.3) is 0 Å². The number of piperazine rings is 1. The van der Waals surface area contributed by atoms with Gasteiger partial charge in [-0.25, -0.2) is 4.68 Å². The third-order valence-electron chi connectivity index (χ3n) is 7.16. The van der Waals surface area contributed by atoms with E-state index in [9.17, 15) is 0 Å². The molecule has 31 heavy (non-hydrogen) atoms. The molecular formula is C25H34N6+2. The van der Waals surface area contributed by atoms with Crippen LogP contribution in [0.4, 0.5) is 0 Å². The Kier molecular flexibility index (Phi) is 6.09. The Morgan fingerprint density at radius 1 is 0.935 bits per heavy atom. The van der Waals surface area contributed by atoms with Gasteiger partial charge in [0, 0.05) is 11.1 Å². The van der Waals surface area contributed by atoms with Gasteiger partial charge in [-0.2, -0.15) is 0 Å². The minimum absolute atomic E-state index is 0.203. The van der Waals surface area contributed by atoms with Gasteiger partial charge in [0.25, 0.3) is 0 Å². The number of quaternary nitrogens is 2. The summed E-state index contributed by atoms with van der Waals surface area (Å²) >= 11 is 0. The number of tetrazole rings is 1. The molecule has 6 nitrogen and oxygen atoms in total. The number of hydrogen-bond donors (Lipinski definition) is 2. The highest BCUT2D eigenvalue weighted by Crippen LogP contribution is 2.31. The summed E-state index contributed by atoms with van der Waals surface area (Å²) in [5.41, 5.74) is 4.06. The maximum Gasteiger partial charge on any atom is 0.214 e. The largest absolute Gasteiger partial charge is 0.322 e. The normalized spacial score (nSPS) is 23.1. The van der Waals surface area contributed by atoms with Crippen molar-refractivity contribution < 1.29 is 9.80 Å². The Hall–Kier alpha value is -2.57. The predicted molar refractivity (Wildman–Crippen MR) is 120 cm³/mol. The molecule has 5 rings (SSSR count). The predicted octanol–water partition coefficient (Wildman–Crippen LogP) is 1.17. The second kappa shape index (κ2) is 9.28. The topological polar surface area (TPSA) is 52.5 Å². The van der Waals surface area contributed by atoms with Crippen molar-refractivity contribution in [3.05, 3.63) is 77.1 Å². The van der Waals surface area contributed by atoms with Gasteiger partial charge in [-0.3, -0.25) is 0 Å². The molecule has 6 heteroatoms. The number of aromatic nitrogens is 4. The van der Waals surface area contributed by atoms with Crippen LogP contribution in [-0.4, -0.2) is 46.4 Å². The lowest BCUT2D eigenvalue weighted by Crippen LogP contribution is -3.27. The van der Waals surface area contributed by atoms with Gasteiger partial charge in [0.15, 0.2) is 6.04 Å². The summed E-state index contributed by atoms with van der Waals surface area (Å²) in [5, 5.41) is 13.2. The molecule has 2 fully saturated rings. The lowest BCUT2D eigenvalue weighted by Gasteiger charge is -2.34. The second-order valence-corrected chi connectivity index (χ2v) is 9.33. The highest BCUT2D eigenvalue weighted by Gasteiger charge is 2.37. The first kappa shape index (κ1) is 20.3. The molecule has 2 aliphatic rings. The molecule has 162 valence electrons. The molecule has 1 aromatic heterocycles. The smallest absolute Gasteiger partial charge is 0.214 e. The molecule has 1 saturated heterocycles. The molecule has 1 aliphatic heterocycles. The van der Waals surface area contributed by atoms with Crippen LogP contribution in [0.5, 0.6) is 0 Å². The van der Waals surface area contributed by atoms with Gasteiger partial charge in [0.1, 0.15) is 32.7 Å². The Morgan fingerprint density at radius 3 is 2.35 bits per heavy atom. The number of nitrogens with zero attached hydrogens (tertiary/aromatic N) is 4. The van der Waals surface area contributed by atoms with Crippen molar-refractivity contribution in [2.45, 2.75) is 51.2 Å². The number of aryl methyl sites for hydroxylation is 1. The van der Waals surface area contributed by atoms with Gasteiger partial charge >= 0.3 is 0 Å². The van der Waals surface area contributed by atoms with E-state index in [0.29, 0.717) is 6.04 Å². The fraction of sp³-hybridized carbons (Fsp3) is 0.480. The van der Waals surface area contributed by atoms with Gasteiger partial charge in [-0.05, 0) is 30.2 Å². The average Bonchev–Trinajstić information content (AvgIpc) is 3.49. The molecule has 3 aromatic rings. The van der Waals surface area contributed by atoms with Gasteiger partial charge in [0.2, 0.25) is 5.82 Å². The first-order chi connectivity index (χ1) is 15.3. The van der Waals surface area contributed by atoms with Gasteiger partial charge in [-0.1, -0.05) is 73.0 Å². The van der Waals surface area contributed by atoms with Crippen molar-refractivity contribution in [3.8, 4) is 0 Å². The molecule has 0 unspecified atom stereocenters. The van der Waals surface area contributed by atoms with E-state index in [1.807, 2.05) is 0 Å². The van der Waals surface area contributed by atoms with Gasteiger partial charge < -0.3 is 9.80 Å². The number of hydrogen-bond acceptors (Lipinski definition) is 3. The molecule has 1 saturated carbocycles. The number of benzene rings is 2. The molecule has 2 heterocycles. The summed E-state index contributed by atoms with van der Waals surface area (Å²) in [4.78, 5) is 3.27. The zero-order valence-corrected chi connectivity index (χ0v) is 18.5. The summed E-state index contributed by atoms with van der Waals surface area (Å²) in [5.74, 6) is 1.05. The van der Waals surface area contributed by atoms with E-state index in [0.717, 1.165) is 25.5 Å². The Bertz CT molecular complexity index is 953. The van der Waals surface area contributed by atoms with Crippen LogP contribution in [0, 0.1) is 6.92 Å². The van der Waals surface area contributed by atoms with Gasteiger partial charge in [0.05, 0.1) is 6.04 Å². The van der Waals surface area contributed by atoms with Crippen LogP contribution in [0.2, 0.25) is 0 Å². The minimum Gasteiger partial charge on any atom is -0.322 e. The van der Waals surface area contributed by atoms with E-state index >= 15 is 0 Å². The van der Waals surface area contributed by atoms with Crippen LogP contribution >= 0.6 is 0 Å². The number of nitrogens with one attached hydrogen (secondary N) is 2. The quantitative estimate of drug-likeness (QED) is 0.632. The maximum absolute atomic E-state index is 4.60. The standard InChI is InChI=1S/C25H32N6/c1-20-11-13-22(14-12-20)24(25-26-27-28-31(25)23-9-5-6-10-23)30-17-15-29(16-18-30)19-21-7-3-2-4-8-21/h2-4,7-8,11-14,23-24H,5-6,9-10,15-19H2,1H3/p+2/t24-/m1/s1. The summed E-state index contributed by atoms with van der Waals surface area (Å²) in [7, 11) is 0. The van der Waals surface area contributed by atoms with Crippen molar-refractivity contribution in [2.75, 3.05) is 26.2 Å². The summed E-state index contributed by atoms with van der Waals surface area (Å²) < 4.78 is 2.16. The van der Waals surface area contributed by atoms with E-state index < -0.39 is 0 Å². The molecule has 2 aromatic carbocycles. The third-order valence-corrected chi connectivity index (χ3v) is 7.16. The molecule has 0 radical (unpaired) electrons. The van der Waals surface area contributed by atoms with Crippen LogP contribution < -0.4 is 9.80 Å². The molecule has 2 N–H and O–H groups in total. The van der Waals surface area contributed by atoms with E-state index in [1.165, 1.54) is 55.5 Å². The van der Waals surface area contributed by atoms with Crippen LogP contribution in [0.1, 0.15) is 60.3 Å². The van der Waals surface area contributed by atoms with Gasteiger partial charge in [-0.15, -0.1) is 5.10 Å².